The van der Waals surface area contributed by atoms with E-state index in [2.05, 4.69) is 10.0 Å². The molecule has 162 valence electrons. The minimum absolute atomic E-state index is 0.0177. The smallest absolute Gasteiger partial charge is 0.252 e. The predicted octanol–water partition coefficient (Wildman–Crippen LogP) is 1.70. The molecular weight excluding hydrogens is 426 g/mol. The van der Waals surface area contributed by atoms with Crippen molar-refractivity contribution in [2.24, 2.45) is 0 Å². The SMILES string of the molecule is CNS(=O)(=O)c1cccc(CNC(=O)c2ccccc2S(=O)(=O)N2CCCCC2)c1. The summed E-state index contributed by atoms with van der Waals surface area (Å²) in [5, 5.41) is 2.69. The molecule has 0 spiro atoms. The Morgan fingerprint density at radius 3 is 2.37 bits per heavy atom. The average molecular weight is 452 g/mol. The standard InChI is InChI=1S/C20H25N3O5S2/c1-21-29(25,26)17-9-7-8-16(14-17)15-22-20(24)18-10-3-4-11-19(18)30(27,28)23-12-5-2-6-13-23/h3-4,7-11,14,21H,2,5-6,12-13,15H2,1H3,(H,22,24). The molecule has 0 aromatic heterocycles. The summed E-state index contributed by atoms with van der Waals surface area (Å²) in [5.74, 6) is -0.534. The Morgan fingerprint density at radius 2 is 1.67 bits per heavy atom. The van der Waals surface area contributed by atoms with Gasteiger partial charge in [0.2, 0.25) is 20.0 Å². The van der Waals surface area contributed by atoms with Crippen molar-refractivity contribution in [3.8, 4) is 0 Å². The van der Waals surface area contributed by atoms with Gasteiger partial charge in [0, 0.05) is 19.6 Å². The van der Waals surface area contributed by atoms with Crippen molar-refractivity contribution in [1.82, 2.24) is 14.3 Å². The number of carbonyl (C=O) groups excluding carboxylic acids is 1. The molecule has 2 N–H and O–H groups in total. The van der Waals surface area contributed by atoms with Crippen molar-refractivity contribution >= 4 is 26.0 Å². The van der Waals surface area contributed by atoms with E-state index >= 15 is 0 Å². The van der Waals surface area contributed by atoms with Gasteiger partial charge >= 0.3 is 0 Å². The molecule has 8 nitrogen and oxygen atoms in total. The molecule has 2 aromatic carbocycles. The van der Waals surface area contributed by atoms with Crippen molar-refractivity contribution in [3.05, 3.63) is 59.7 Å². The highest BCUT2D eigenvalue weighted by Crippen LogP contribution is 2.23. The lowest BCUT2D eigenvalue weighted by molar-refractivity contribution is 0.0947. The van der Waals surface area contributed by atoms with Gasteiger partial charge in [0.25, 0.3) is 5.91 Å². The molecule has 1 aliphatic rings. The largest absolute Gasteiger partial charge is 0.348 e. The van der Waals surface area contributed by atoms with E-state index in [0.29, 0.717) is 18.7 Å². The zero-order chi connectivity index (χ0) is 21.8. The van der Waals surface area contributed by atoms with E-state index in [9.17, 15) is 21.6 Å². The number of benzene rings is 2. The Bertz CT molecular complexity index is 1120. The Labute approximate surface area is 177 Å². The zero-order valence-corrected chi connectivity index (χ0v) is 18.3. The molecule has 1 saturated heterocycles. The van der Waals surface area contributed by atoms with Crippen molar-refractivity contribution in [1.29, 1.82) is 0 Å². The van der Waals surface area contributed by atoms with Gasteiger partial charge in [-0.1, -0.05) is 30.7 Å². The fourth-order valence-electron chi connectivity index (χ4n) is 3.34. The molecule has 1 fully saturated rings. The van der Waals surface area contributed by atoms with Gasteiger partial charge in [0.05, 0.1) is 15.4 Å². The van der Waals surface area contributed by atoms with E-state index in [0.717, 1.165) is 19.3 Å². The van der Waals surface area contributed by atoms with Crippen LogP contribution in [0, 0.1) is 0 Å². The van der Waals surface area contributed by atoms with Crippen LogP contribution in [0.5, 0.6) is 0 Å². The maximum atomic E-state index is 13.0. The van der Waals surface area contributed by atoms with Crippen LogP contribution in [0.15, 0.2) is 58.3 Å². The van der Waals surface area contributed by atoms with Crippen molar-refractivity contribution in [3.63, 3.8) is 0 Å². The second kappa shape index (κ2) is 9.25. The third kappa shape index (κ3) is 4.89. The van der Waals surface area contributed by atoms with Crippen LogP contribution in [-0.2, 0) is 26.6 Å². The third-order valence-electron chi connectivity index (χ3n) is 5.00. The second-order valence-electron chi connectivity index (χ2n) is 7.00. The quantitative estimate of drug-likeness (QED) is 0.665. The molecule has 10 heteroatoms. The van der Waals surface area contributed by atoms with Gasteiger partial charge in [-0.2, -0.15) is 4.31 Å². The lowest BCUT2D eigenvalue weighted by Crippen LogP contribution is -2.37. The van der Waals surface area contributed by atoms with E-state index < -0.39 is 26.0 Å². The molecule has 3 rings (SSSR count). The highest BCUT2D eigenvalue weighted by Gasteiger charge is 2.29. The van der Waals surface area contributed by atoms with Gasteiger partial charge in [-0.3, -0.25) is 4.79 Å². The van der Waals surface area contributed by atoms with E-state index in [-0.39, 0.29) is 21.9 Å². The highest BCUT2D eigenvalue weighted by molar-refractivity contribution is 7.89. The first-order valence-corrected chi connectivity index (χ1v) is 12.6. The van der Waals surface area contributed by atoms with Crippen LogP contribution in [-0.4, -0.2) is 47.2 Å². The van der Waals surface area contributed by atoms with E-state index in [4.69, 9.17) is 0 Å². The van der Waals surface area contributed by atoms with Crippen molar-refractivity contribution in [2.45, 2.75) is 35.6 Å². The fraction of sp³-hybridized carbons (Fsp3) is 0.350. The van der Waals surface area contributed by atoms with Gasteiger partial charge in [-0.15, -0.1) is 0 Å². The molecule has 0 atom stereocenters. The Balaban J connectivity index is 1.80. The van der Waals surface area contributed by atoms with Crippen LogP contribution in [0.25, 0.3) is 0 Å². The van der Waals surface area contributed by atoms with Crippen LogP contribution in [0.4, 0.5) is 0 Å². The Hall–Kier alpha value is -2.27. The fourth-order valence-corrected chi connectivity index (χ4v) is 5.85. The molecule has 2 aromatic rings. The van der Waals surface area contributed by atoms with Crippen molar-refractivity contribution in [2.75, 3.05) is 20.1 Å². The minimum atomic E-state index is -3.77. The first-order valence-electron chi connectivity index (χ1n) is 9.65. The number of nitrogens with one attached hydrogen (secondary N) is 2. The Morgan fingerprint density at radius 1 is 0.967 bits per heavy atom. The van der Waals surface area contributed by atoms with E-state index in [1.54, 1.807) is 24.3 Å². The molecule has 0 unspecified atom stereocenters. The van der Waals surface area contributed by atoms with E-state index in [1.165, 1.54) is 35.6 Å². The predicted molar refractivity (Wildman–Crippen MR) is 113 cm³/mol. The number of hydrogen-bond donors (Lipinski definition) is 2. The number of hydrogen-bond acceptors (Lipinski definition) is 5. The van der Waals surface area contributed by atoms with Gasteiger partial charge in [-0.25, -0.2) is 21.6 Å². The molecule has 1 amide bonds. The highest BCUT2D eigenvalue weighted by atomic mass is 32.2. The van der Waals surface area contributed by atoms with Crippen LogP contribution in [0.3, 0.4) is 0 Å². The third-order valence-corrected chi connectivity index (χ3v) is 8.36. The first kappa shape index (κ1) is 22.4. The summed E-state index contributed by atoms with van der Waals surface area (Å²) in [6, 6.07) is 12.3. The molecule has 1 aliphatic heterocycles. The first-order chi connectivity index (χ1) is 14.3. The lowest BCUT2D eigenvalue weighted by Gasteiger charge is -2.26. The number of sulfonamides is 2. The number of rotatable bonds is 7. The second-order valence-corrected chi connectivity index (χ2v) is 10.8. The molecular formula is C20H25N3O5S2. The number of nitrogens with zero attached hydrogens (tertiary/aromatic N) is 1. The number of piperidine rings is 1. The van der Waals surface area contributed by atoms with Crippen molar-refractivity contribution < 1.29 is 21.6 Å². The molecule has 1 heterocycles. The molecule has 0 radical (unpaired) electrons. The Kier molecular flexibility index (Phi) is 6.91. The van der Waals surface area contributed by atoms with Gasteiger partial charge in [0.15, 0.2) is 0 Å². The summed E-state index contributed by atoms with van der Waals surface area (Å²) in [6.07, 6.45) is 2.61. The molecule has 0 bridgehead atoms. The maximum Gasteiger partial charge on any atom is 0.252 e. The van der Waals surface area contributed by atoms with Crippen LogP contribution in [0.1, 0.15) is 35.2 Å². The number of carbonyl (C=O) groups is 1. The zero-order valence-electron chi connectivity index (χ0n) is 16.7. The normalized spacial score (nSPS) is 15.6. The minimum Gasteiger partial charge on any atom is -0.348 e. The number of amides is 1. The van der Waals surface area contributed by atoms with Crippen LogP contribution >= 0.6 is 0 Å². The summed E-state index contributed by atoms with van der Waals surface area (Å²) in [4.78, 5) is 12.9. The van der Waals surface area contributed by atoms with Crippen LogP contribution < -0.4 is 10.0 Å². The lowest BCUT2D eigenvalue weighted by atomic mass is 10.2. The summed E-state index contributed by atoms with van der Waals surface area (Å²) in [7, 11) is -6.04. The average Bonchev–Trinajstić information content (AvgIpc) is 2.78. The summed E-state index contributed by atoms with van der Waals surface area (Å²) in [5.41, 5.74) is 0.651. The maximum absolute atomic E-state index is 13.0. The van der Waals surface area contributed by atoms with Gasteiger partial charge in [0.1, 0.15) is 0 Å². The molecule has 0 saturated carbocycles. The summed E-state index contributed by atoms with van der Waals surface area (Å²) < 4.78 is 53.7. The van der Waals surface area contributed by atoms with Crippen LogP contribution in [0.2, 0.25) is 0 Å². The molecule has 0 aliphatic carbocycles. The summed E-state index contributed by atoms with van der Waals surface area (Å²) >= 11 is 0. The topological polar surface area (TPSA) is 113 Å². The summed E-state index contributed by atoms with van der Waals surface area (Å²) in [6.45, 7) is 0.958. The van der Waals surface area contributed by atoms with Gasteiger partial charge in [-0.05, 0) is 49.7 Å². The van der Waals surface area contributed by atoms with E-state index in [1.807, 2.05) is 0 Å². The molecule has 30 heavy (non-hydrogen) atoms. The monoisotopic (exact) mass is 451 g/mol. The van der Waals surface area contributed by atoms with Gasteiger partial charge < -0.3 is 5.32 Å².